The molecule has 78 valence electrons. The summed E-state index contributed by atoms with van der Waals surface area (Å²) in [6, 6.07) is -0.0175. The zero-order chi connectivity index (χ0) is 10.4. The number of nitrogens with zero attached hydrogens (tertiary/aromatic N) is 1. The molecule has 13 heavy (non-hydrogen) atoms. The predicted octanol–water partition coefficient (Wildman–Crippen LogP) is 0.217. The number of esters is 1. The summed E-state index contributed by atoms with van der Waals surface area (Å²) >= 11 is 0. The molecule has 0 aromatic heterocycles. The second kappa shape index (κ2) is 5.94. The number of hydrogen-bond acceptors (Lipinski definition) is 4. The fourth-order valence-corrected chi connectivity index (χ4v) is 0.870. The average Bonchev–Trinajstić information content (AvgIpc) is 2.11. The van der Waals surface area contributed by atoms with E-state index in [-0.39, 0.29) is 5.97 Å². The van der Waals surface area contributed by atoms with E-state index in [0.717, 1.165) is 6.54 Å². The molecule has 1 atom stereocenters. The van der Waals surface area contributed by atoms with Gasteiger partial charge in [0.05, 0.1) is 7.11 Å². The zero-order valence-electron chi connectivity index (χ0n) is 8.91. The molecule has 0 saturated carbocycles. The van der Waals surface area contributed by atoms with Gasteiger partial charge in [0.15, 0.2) is 0 Å². The molecule has 0 spiro atoms. The summed E-state index contributed by atoms with van der Waals surface area (Å²) < 4.78 is 4.52. The second-order valence-electron chi connectivity index (χ2n) is 3.49. The third-order valence-corrected chi connectivity index (χ3v) is 2.18. The lowest BCUT2D eigenvalue weighted by Crippen LogP contribution is -2.37. The SMILES string of the molecule is COC(=O)C(N)CCN(C)C(C)C. The molecule has 0 bridgehead atoms. The molecular weight excluding hydrogens is 168 g/mol. The van der Waals surface area contributed by atoms with Crippen LogP contribution in [0.3, 0.4) is 0 Å². The molecule has 0 rings (SSSR count). The minimum atomic E-state index is -0.494. The van der Waals surface area contributed by atoms with Crippen LogP contribution in [-0.2, 0) is 9.53 Å². The minimum absolute atomic E-state index is 0.336. The highest BCUT2D eigenvalue weighted by Crippen LogP contribution is 1.98. The Hall–Kier alpha value is -0.610. The van der Waals surface area contributed by atoms with Gasteiger partial charge < -0.3 is 15.4 Å². The Morgan fingerprint density at radius 1 is 1.54 bits per heavy atom. The summed E-state index contributed by atoms with van der Waals surface area (Å²) in [6.07, 6.45) is 0.640. The molecule has 0 aromatic rings. The molecule has 0 amide bonds. The van der Waals surface area contributed by atoms with Crippen molar-refractivity contribution in [2.75, 3.05) is 20.7 Å². The van der Waals surface area contributed by atoms with E-state index in [0.29, 0.717) is 12.5 Å². The standard InChI is InChI=1S/C9H20N2O2/c1-7(2)11(3)6-5-8(10)9(12)13-4/h7-8H,5-6,10H2,1-4H3. The second-order valence-corrected chi connectivity index (χ2v) is 3.49. The average molecular weight is 188 g/mol. The molecule has 2 N–H and O–H groups in total. The van der Waals surface area contributed by atoms with Crippen LogP contribution in [0.5, 0.6) is 0 Å². The third kappa shape index (κ3) is 4.85. The molecule has 4 heteroatoms. The zero-order valence-corrected chi connectivity index (χ0v) is 8.91. The predicted molar refractivity (Wildman–Crippen MR) is 52.4 cm³/mol. The van der Waals surface area contributed by atoms with Crippen molar-refractivity contribution in [2.24, 2.45) is 5.73 Å². The lowest BCUT2D eigenvalue weighted by molar-refractivity contribution is -0.142. The molecule has 0 aliphatic rings. The fourth-order valence-electron chi connectivity index (χ4n) is 0.870. The van der Waals surface area contributed by atoms with Gasteiger partial charge in [0.2, 0.25) is 0 Å². The van der Waals surface area contributed by atoms with Crippen LogP contribution in [0.2, 0.25) is 0 Å². The van der Waals surface area contributed by atoms with E-state index in [1.54, 1.807) is 0 Å². The molecule has 0 fully saturated rings. The van der Waals surface area contributed by atoms with Gasteiger partial charge in [-0.1, -0.05) is 0 Å². The first kappa shape index (κ1) is 12.4. The Labute approximate surface area is 80.0 Å². The molecular formula is C9H20N2O2. The molecule has 0 aliphatic carbocycles. The van der Waals surface area contributed by atoms with Crippen LogP contribution in [0.1, 0.15) is 20.3 Å². The van der Waals surface area contributed by atoms with E-state index in [4.69, 9.17) is 5.73 Å². The van der Waals surface area contributed by atoms with Crippen LogP contribution < -0.4 is 5.73 Å². The number of methoxy groups -OCH3 is 1. The van der Waals surface area contributed by atoms with Gasteiger partial charge in [-0.3, -0.25) is 4.79 Å². The van der Waals surface area contributed by atoms with Gasteiger partial charge in [0, 0.05) is 12.6 Å². The maximum atomic E-state index is 10.9. The summed E-state index contributed by atoms with van der Waals surface area (Å²) in [5.74, 6) is -0.336. The number of nitrogens with two attached hydrogens (primary N) is 1. The van der Waals surface area contributed by atoms with Crippen molar-refractivity contribution in [3.63, 3.8) is 0 Å². The summed E-state index contributed by atoms with van der Waals surface area (Å²) in [5, 5.41) is 0. The summed E-state index contributed by atoms with van der Waals surface area (Å²) in [7, 11) is 3.36. The van der Waals surface area contributed by atoms with E-state index in [1.807, 2.05) is 7.05 Å². The largest absolute Gasteiger partial charge is 0.468 e. The number of carbonyl (C=O) groups excluding carboxylic acids is 1. The normalized spacial score (nSPS) is 13.5. The quantitative estimate of drug-likeness (QED) is 0.627. The Morgan fingerprint density at radius 3 is 2.46 bits per heavy atom. The Bertz CT molecular complexity index is 160. The van der Waals surface area contributed by atoms with Gasteiger partial charge in [-0.05, 0) is 27.3 Å². The van der Waals surface area contributed by atoms with Crippen molar-refractivity contribution >= 4 is 5.97 Å². The summed E-state index contributed by atoms with van der Waals surface area (Å²) in [5.41, 5.74) is 5.57. The molecule has 0 aliphatic heterocycles. The number of rotatable bonds is 5. The van der Waals surface area contributed by atoms with Gasteiger partial charge in [-0.2, -0.15) is 0 Å². The van der Waals surface area contributed by atoms with E-state index in [2.05, 4.69) is 23.5 Å². The Morgan fingerprint density at radius 2 is 2.08 bits per heavy atom. The van der Waals surface area contributed by atoms with Gasteiger partial charge in [-0.25, -0.2) is 0 Å². The van der Waals surface area contributed by atoms with Crippen molar-refractivity contribution in [1.82, 2.24) is 4.90 Å². The number of carbonyl (C=O) groups is 1. The van der Waals surface area contributed by atoms with Crippen molar-refractivity contribution in [1.29, 1.82) is 0 Å². The van der Waals surface area contributed by atoms with Crippen LogP contribution in [-0.4, -0.2) is 43.7 Å². The lowest BCUT2D eigenvalue weighted by atomic mass is 10.2. The highest BCUT2D eigenvalue weighted by molar-refractivity contribution is 5.75. The highest BCUT2D eigenvalue weighted by atomic mass is 16.5. The van der Waals surface area contributed by atoms with E-state index >= 15 is 0 Å². The van der Waals surface area contributed by atoms with Gasteiger partial charge in [-0.15, -0.1) is 0 Å². The van der Waals surface area contributed by atoms with E-state index in [9.17, 15) is 4.79 Å². The Kier molecular flexibility index (Phi) is 5.66. The Balaban J connectivity index is 3.69. The van der Waals surface area contributed by atoms with Crippen LogP contribution in [0.4, 0.5) is 0 Å². The molecule has 4 nitrogen and oxygen atoms in total. The maximum Gasteiger partial charge on any atom is 0.322 e. The monoisotopic (exact) mass is 188 g/mol. The molecule has 0 radical (unpaired) electrons. The van der Waals surface area contributed by atoms with Crippen LogP contribution in [0.25, 0.3) is 0 Å². The van der Waals surface area contributed by atoms with E-state index in [1.165, 1.54) is 7.11 Å². The first-order chi connectivity index (χ1) is 5.99. The topological polar surface area (TPSA) is 55.6 Å². The van der Waals surface area contributed by atoms with Gasteiger partial charge >= 0.3 is 5.97 Å². The third-order valence-electron chi connectivity index (χ3n) is 2.18. The van der Waals surface area contributed by atoms with Crippen LogP contribution in [0, 0.1) is 0 Å². The number of hydrogen-bond donors (Lipinski definition) is 1. The van der Waals surface area contributed by atoms with Crippen molar-refractivity contribution < 1.29 is 9.53 Å². The fraction of sp³-hybridized carbons (Fsp3) is 0.889. The molecule has 1 unspecified atom stereocenters. The van der Waals surface area contributed by atoms with Crippen molar-refractivity contribution in [3.05, 3.63) is 0 Å². The molecule has 0 heterocycles. The van der Waals surface area contributed by atoms with Gasteiger partial charge in [0.25, 0.3) is 0 Å². The van der Waals surface area contributed by atoms with Crippen molar-refractivity contribution in [3.8, 4) is 0 Å². The van der Waals surface area contributed by atoms with Crippen LogP contribution >= 0.6 is 0 Å². The van der Waals surface area contributed by atoms with Crippen LogP contribution in [0.15, 0.2) is 0 Å². The lowest BCUT2D eigenvalue weighted by Gasteiger charge is -2.21. The highest BCUT2D eigenvalue weighted by Gasteiger charge is 2.14. The smallest absolute Gasteiger partial charge is 0.322 e. The number of ether oxygens (including phenoxy) is 1. The minimum Gasteiger partial charge on any atom is -0.468 e. The first-order valence-electron chi connectivity index (χ1n) is 4.52. The van der Waals surface area contributed by atoms with Gasteiger partial charge in [0.1, 0.15) is 6.04 Å². The first-order valence-corrected chi connectivity index (χ1v) is 4.52. The summed E-state index contributed by atoms with van der Waals surface area (Å²) in [6.45, 7) is 5.02. The summed E-state index contributed by atoms with van der Waals surface area (Å²) in [4.78, 5) is 13.1. The molecule has 0 saturated heterocycles. The molecule has 0 aromatic carbocycles. The van der Waals surface area contributed by atoms with E-state index < -0.39 is 6.04 Å². The van der Waals surface area contributed by atoms with Crippen molar-refractivity contribution in [2.45, 2.75) is 32.4 Å². The maximum absolute atomic E-state index is 10.9.